The van der Waals surface area contributed by atoms with Crippen LogP contribution in [0.3, 0.4) is 0 Å². The van der Waals surface area contributed by atoms with Crippen LogP contribution in [0.5, 0.6) is 0 Å². The second-order valence-electron chi connectivity index (χ2n) is 15.6. The molecule has 0 unspecified atom stereocenters. The highest BCUT2D eigenvalue weighted by Gasteiger charge is 2.52. The Labute approximate surface area is 337 Å². The average molecular weight is 748 g/mol. The van der Waals surface area contributed by atoms with Crippen molar-refractivity contribution in [2.24, 2.45) is 0 Å². The Morgan fingerprint density at radius 3 is 1.67 bits per heavy atom. The van der Waals surface area contributed by atoms with E-state index in [-0.39, 0.29) is 5.41 Å². The van der Waals surface area contributed by atoms with Crippen LogP contribution >= 0.6 is 11.8 Å². The smallest absolute Gasteiger partial charge is 0.164 e. The Morgan fingerprint density at radius 1 is 0.368 bits per heavy atom. The molecule has 1 aromatic heterocycles. The Balaban J connectivity index is 1.10. The summed E-state index contributed by atoms with van der Waals surface area (Å²) in [5, 5.41) is 2.27. The van der Waals surface area contributed by atoms with Crippen LogP contribution in [0.1, 0.15) is 47.2 Å². The average Bonchev–Trinajstić information content (AvgIpc) is 3.28. The van der Waals surface area contributed by atoms with Gasteiger partial charge in [-0.25, -0.2) is 15.0 Å². The Bertz CT molecular complexity index is 2990. The van der Waals surface area contributed by atoms with Gasteiger partial charge in [-0.05, 0) is 79.5 Å². The highest BCUT2D eigenvalue weighted by Crippen LogP contribution is 2.61. The van der Waals surface area contributed by atoms with E-state index in [1.807, 2.05) is 30.0 Å². The molecule has 4 heteroatoms. The summed E-state index contributed by atoms with van der Waals surface area (Å²) in [6.45, 7) is 4.77. The van der Waals surface area contributed by atoms with Gasteiger partial charge < -0.3 is 0 Å². The third-order valence-electron chi connectivity index (χ3n) is 12.1. The lowest BCUT2D eigenvalue weighted by molar-refractivity contribution is 0.549. The van der Waals surface area contributed by atoms with Gasteiger partial charge in [-0.3, -0.25) is 0 Å². The lowest BCUT2D eigenvalue weighted by Gasteiger charge is -2.50. The summed E-state index contributed by atoms with van der Waals surface area (Å²) >= 11 is 1.88. The first-order chi connectivity index (χ1) is 28.0. The van der Waals surface area contributed by atoms with Crippen molar-refractivity contribution in [3.63, 3.8) is 0 Å². The molecule has 0 radical (unpaired) electrons. The topological polar surface area (TPSA) is 38.7 Å². The van der Waals surface area contributed by atoms with E-state index in [9.17, 15) is 0 Å². The van der Waals surface area contributed by atoms with Crippen LogP contribution in [0.15, 0.2) is 198 Å². The van der Waals surface area contributed by atoms with E-state index in [4.69, 9.17) is 15.0 Å². The minimum atomic E-state index is -0.447. The van der Waals surface area contributed by atoms with E-state index < -0.39 is 5.41 Å². The second-order valence-corrected chi connectivity index (χ2v) is 16.6. The van der Waals surface area contributed by atoms with Crippen LogP contribution in [0.4, 0.5) is 0 Å². The zero-order chi connectivity index (χ0) is 38.1. The molecule has 2 aliphatic rings. The van der Waals surface area contributed by atoms with Crippen LogP contribution in [-0.2, 0) is 10.8 Å². The zero-order valence-corrected chi connectivity index (χ0v) is 32.5. The summed E-state index contributed by atoms with van der Waals surface area (Å²) < 4.78 is 0. The number of aromatic nitrogens is 3. The standard InChI is InChI=1S/C53H37N3S/c1-52(2)41-24-8-9-25-42(41)53(44-26-10-12-28-47(44)57-48-29-13-11-27-45(48)53)43-31-30-37(33-46(43)52)36-20-14-21-38(32-36)50-54-49(35-17-4-3-5-18-35)55-51(56-50)40-23-15-19-34-16-6-7-22-39(34)40/h3-33H,1-2H3. The number of fused-ring (bicyclic) bond motifs is 9. The summed E-state index contributed by atoms with van der Waals surface area (Å²) in [4.78, 5) is 18.0. The molecular weight excluding hydrogens is 711 g/mol. The first-order valence-corrected chi connectivity index (χ1v) is 20.3. The number of hydrogen-bond acceptors (Lipinski definition) is 4. The van der Waals surface area contributed by atoms with E-state index in [1.54, 1.807) is 0 Å². The second kappa shape index (κ2) is 13.0. The molecule has 3 nitrogen and oxygen atoms in total. The number of benzene rings is 8. The predicted molar refractivity (Wildman–Crippen MR) is 234 cm³/mol. The minimum absolute atomic E-state index is 0.245. The fraction of sp³-hybridized carbons (Fsp3) is 0.0755. The Hall–Kier alpha value is -6.62. The van der Waals surface area contributed by atoms with E-state index in [0.717, 1.165) is 38.6 Å². The van der Waals surface area contributed by atoms with E-state index in [0.29, 0.717) is 17.5 Å². The molecule has 0 N–H and O–H groups in total. The fourth-order valence-electron chi connectivity index (χ4n) is 9.39. The van der Waals surface area contributed by atoms with Crippen LogP contribution < -0.4 is 0 Å². The molecule has 0 saturated carbocycles. The highest BCUT2D eigenvalue weighted by molar-refractivity contribution is 7.99. The van der Waals surface area contributed by atoms with Crippen molar-refractivity contribution < 1.29 is 0 Å². The van der Waals surface area contributed by atoms with Gasteiger partial charge in [0.15, 0.2) is 17.5 Å². The van der Waals surface area contributed by atoms with Crippen LogP contribution in [0.2, 0.25) is 0 Å². The van der Waals surface area contributed by atoms with Gasteiger partial charge in [0.1, 0.15) is 0 Å². The monoisotopic (exact) mass is 747 g/mol. The van der Waals surface area contributed by atoms with Gasteiger partial charge in [0.2, 0.25) is 0 Å². The summed E-state index contributed by atoms with van der Waals surface area (Å²) in [5.41, 5.74) is 12.6. The maximum atomic E-state index is 5.18. The molecule has 0 amide bonds. The summed E-state index contributed by atoms with van der Waals surface area (Å²) in [6, 6.07) is 67.9. The maximum absolute atomic E-state index is 5.18. The van der Waals surface area contributed by atoms with Crippen molar-refractivity contribution in [2.75, 3.05) is 0 Å². The largest absolute Gasteiger partial charge is 0.208 e. The normalized spacial score (nSPS) is 14.4. The molecule has 57 heavy (non-hydrogen) atoms. The summed E-state index contributed by atoms with van der Waals surface area (Å²) in [6.07, 6.45) is 0. The molecule has 11 rings (SSSR count). The zero-order valence-electron chi connectivity index (χ0n) is 31.6. The van der Waals surface area contributed by atoms with Crippen molar-refractivity contribution in [1.29, 1.82) is 0 Å². The quantitative estimate of drug-likeness (QED) is 0.180. The fourth-order valence-corrected chi connectivity index (χ4v) is 10.6. The lowest BCUT2D eigenvalue weighted by Crippen LogP contribution is -2.43. The summed E-state index contributed by atoms with van der Waals surface area (Å²) in [5.74, 6) is 1.96. The van der Waals surface area contributed by atoms with Crippen molar-refractivity contribution in [3.05, 3.63) is 221 Å². The van der Waals surface area contributed by atoms with E-state index >= 15 is 0 Å². The third-order valence-corrected chi connectivity index (χ3v) is 13.2. The van der Waals surface area contributed by atoms with Gasteiger partial charge >= 0.3 is 0 Å². The van der Waals surface area contributed by atoms with Crippen LogP contribution in [0.25, 0.3) is 56.1 Å². The Kier molecular flexibility index (Phi) is 7.67. The van der Waals surface area contributed by atoms with E-state index in [1.165, 1.54) is 43.2 Å². The molecule has 2 heterocycles. The Morgan fingerprint density at radius 2 is 0.895 bits per heavy atom. The summed E-state index contributed by atoms with van der Waals surface area (Å²) in [7, 11) is 0. The van der Waals surface area contributed by atoms with Crippen molar-refractivity contribution >= 4 is 22.5 Å². The number of nitrogens with zero attached hydrogens (tertiary/aromatic N) is 3. The van der Waals surface area contributed by atoms with E-state index in [2.05, 4.69) is 184 Å². The van der Waals surface area contributed by atoms with Gasteiger partial charge in [0, 0.05) is 31.9 Å². The van der Waals surface area contributed by atoms with Gasteiger partial charge in [-0.1, -0.05) is 189 Å². The predicted octanol–water partition coefficient (Wildman–Crippen LogP) is 13.2. The van der Waals surface area contributed by atoms with Crippen molar-refractivity contribution in [3.8, 4) is 45.3 Å². The van der Waals surface area contributed by atoms with Crippen molar-refractivity contribution in [1.82, 2.24) is 15.0 Å². The first kappa shape index (κ1) is 33.7. The molecule has 1 aliphatic carbocycles. The lowest BCUT2D eigenvalue weighted by atomic mass is 9.54. The van der Waals surface area contributed by atoms with Gasteiger partial charge in [-0.15, -0.1) is 0 Å². The van der Waals surface area contributed by atoms with Crippen LogP contribution in [-0.4, -0.2) is 15.0 Å². The third kappa shape index (κ3) is 5.17. The molecule has 1 aliphatic heterocycles. The van der Waals surface area contributed by atoms with Gasteiger partial charge in [0.05, 0.1) is 5.41 Å². The maximum Gasteiger partial charge on any atom is 0.164 e. The molecule has 0 fully saturated rings. The van der Waals surface area contributed by atoms with Crippen LogP contribution in [0, 0.1) is 0 Å². The molecule has 270 valence electrons. The highest BCUT2D eigenvalue weighted by atomic mass is 32.2. The molecule has 9 aromatic rings. The number of hydrogen-bond donors (Lipinski definition) is 0. The molecular formula is C53H37N3S. The number of rotatable bonds is 4. The molecule has 1 spiro atoms. The molecule has 8 aromatic carbocycles. The minimum Gasteiger partial charge on any atom is -0.208 e. The van der Waals surface area contributed by atoms with Crippen molar-refractivity contribution in [2.45, 2.75) is 34.5 Å². The molecule has 0 atom stereocenters. The molecule has 0 bridgehead atoms. The van der Waals surface area contributed by atoms with Gasteiger partial charge in [-0.2, -0.15) is 0 Å². The SMILES string of the molecule is CC1(C)c2ccccc2C2(c3ccccc3Sc3ccccc32)c2ccc(-c3cccc(-c4nc(-c5ccccc5)nc(-c5cccc6ccccc56)n4)c3)cc21. The van der Waals surface area contributed by atoms with Gasteiger partial charge in [0.25, 0.3) is 0 Å². The molecule has 0 saturated heterocycles. The first-order valence-electron chi connectivity index (χ1n) is 19.5.